The molecule has 0 aliphatic heterocycles. The summed E-state index contributed by atoms with van der Waals surface area (Å²) >= 11 is 0. The summed E-state index contributed by atoms with van der Waals surface area (Å²) in [6, 6.07) is 46.4. The maximum atomic E-state index is 2.54. The molecule has 0 amide bonds. The number of aryl methyl sites for hydroxylation is 6. The molecule has 1 aliphatic rings. The molecule has 0 radical (unpaired) electrons. The van der Waals surface area contributed by atoms with Gasteiger partial charge in [0.15, 0.2) is 0 Å². The average Bonchev–Trinajstić information content (AvgIpc) is 3.52. The first-order chi connectivity index (χ1) is 28.7. The number of para-hydroxylation sites is 2. The normalized spacial score (nSPS) is 12.7. The fourth-order valence-corrected chi connectivity index (χ4v) is 10.3. The zero-order valence-electron chi connectivity index (χ0n) is 37.4. The second-order valence-electron chi connectivity index (χ2n) is 17.4. The maximum Gasteiger partial charge on any atom is 0.0520 e. The minimum absolute atomic E-state index is 0.111. The molecule has 2 heteroatoms. The van der Waals surface area contributed by atoms with E-state index in [0.29, 0.717) is 0 Å². The molecule has 0 saturated heterocycles. The van der Waals surface area contributed by atoms with E-state index in [0.717, 1.165) is 25.7 Å². The Hall–Kier alpha value is -5.08. The monoisotopic (exact) mass is 781 g/mol. The van der Waals surface area contributed by atoms with Crippen molar-refractivity contribution < 1.29 is 0 Å². The third-order valence-corrected chi connectivity index (χ3v) is 13.3. The highest BCUT2D eigenvalue weighted by molar-refractivity contribution is 5.90. The highest BCUT2D eigenvalue weighted by Gasteiger charge is 2.41. The third kappa shape index (κ3) is 8.52. The predicted octanol–water partition coefficient (Wildman–Crippen LogP) is 17.2. The molecular weight excluding hydrogens is 713 g/mol. The van der Waals surface area contributed by atoms with Crippen LogP contribution in [0.5, 0.6) is 0 Å². The van der Waals surface area contributed by atoms with Gasteiger partial charge in [-0.05, 0) is 170 Å². The molecule has 0 saturated carbocycles. The standard InChI is InChI=1S/C57H68N2/c1-9-13-15-19-25-45-35-41(5)55(42(6)36-45)58(47-27-21-17-22-28-47)49-31-33-51-52-34-32-50(40-54(52)57(11-3,12-4)53(51)39-49)59(48-29-23-18-24-30-48)56-43(7)37-46(38-44(56)8)26-20-16-14-10-2/h17-18,21-24,27-40H,9-16,19-20,25-26H2,1-8H3. The molecule has 1 aliphatic carbocycles. The van der Waals surface area contributed by atoms with Gasteiger partial charge in [0.25, 0.3) is 0 Å². The molecule has 0 unspecified atom stereocenters. The van der Waals surface area contributed by atoms with Gasteiger partial charge in [-0.1, -0.05) is 139 Å². The quantitative estimate of drug-likeness (QED) is 0.0802. The number of fused-ring (bicyclic) bond motifs is 3. The molecule has 306 valence electrons. The second-order valence-corrected chi connectivity index (χ2v) is 17.4. The summed E-state index contributed by atoms with van der Waals surface area (Å²) in [5.74, 6) is 0. The number of anilines is 6. The number of rotatable bonds is 18. The zero-order valence-corrected chi connectivity index (χ0v) is 37.4. The van der Waals surface area contributed by atoms with Gasteiger partial charge in [-0.15, -0.1) is 0 Å². The minimum Gasteiger partial charge on any atom is -0.310 e. The fraction of sp³-hybridized carbons (Fsp3) is 0.368. The lowest BCUT2D eigenvalue weighted by Crippen LogP contribution is -2.24. The van der Waals surface area contributed by atoms with Crippen LogP contribution in [0.3, 0.4) is 0 Å². The number of benzene rings is 6. The topological polar surface area (TPSA) is 6.48 Å². The van der Waals surface area contributed by atoms with Crippen molar-refractivity contribution in [2.24, 2.45) is 0 Å². The fourth-order valence-electron chi connectivity index (χ4n) is 10.3. The molecule has 0 heterocycles. The van der Waals surface area contributed by atoms with E-state index in [9.17, 15) is 0 Å². The van der Waals surface area contributed by atoms with Crippen molar-refractivity contribution in [1.29, 1.82) is 0 Å². The number of hydrogen-bond acceptors (Lipinski definition) is 2. The van der Waals surface area contributed by atoms with E-state index in [-0.39, 0.29) is 5.41 Å². The molecule has 6 aromatic carbocycles. The lowest BCUT2D eigenvalue weighted by atomic mass is 9.73. The largest absolute Gasteiger partial charge is 0.310 e. The van der Waals surface area contributed by atoms with Crippen molar-refractivity contribution in [2.75, 3.05) is 9.80 Å². The second kappa shape index (κ2) is 18.9. The molecule has 0 atom stereocenters. The van der Waals surface area contributed by atoms with Gasteiger partial charge in [-0.3, -0.25) is 0 Å². The zero-order chi connectivity index (χ0) is 41.5. The van der Waals surface area contributed by atoms with Crippen LogP contribution in [0.25, 0.3) is 11.1 Å². The first-order valence-electron chi connectivity index (χ1n) is 22.9. The first-order valence-corrected chi connectivity index (χ1v) is 22.9. The van der Waals surface area contributed by atoms with Crippen LogP contribution < -0.4 is 9.80 Å². The van der Waals surface area contributed by atoms with E-state index in [1.54, 1.807) is 0 Å². The Morgan fingerprint density at radius 3 is 1.10 bits per heavy atom. The highest BCUT2D eigenvalue weighted by Crippen LogP contribution is 2.56. The van der Waals surface area contributed by atoms with Gasteiger partial charge in [0.1, 0.15) is 0 Å². The van der Waals surface area contributed by atoms with Crippen molar-refractivity contribution in [3.63, 3.8) is 0 Å². The molecule has 6 aromatic rings. The Morgan fingerprint density at radius 2 is 0.763 bits per heavy atom. The first kappa shape index (κ1) is 42.1. The molecule has 0 spiro atoms. The van der Waals surface area contributed by atoms with Crippen molar-refractivity contribution in [3.05, 3.63) is 166 Å². The molecular formula is C57H68N2. The summed E-state index contributed by atoms with van der Waals surface area (Å²) in [4.78, 5) is 5.04. The summed E-state index contributed by atoms with van der Waals surface area (Å²) in [6.07, 6.45) is 14.6. The van der Waals surface area contributed by atoms with E-state index in [4.69, 9.17) is 0 Å². The summed E-state index contributed by atoms with van der Waals surface area (Å²) in [6.45, 7) is 18.6. The van der Waals surface area contributed by atoms with E-state index in [1.165, 1.54) is 141 Å². The lowest BCUT2D eigenvalue weighted by Gasteiger charge is -2.34. The minimum atomic E-state index is -0.111. The average molecular weight is 781 g/mol. The van der Waals surface area contributed by atoms with Crippen molar-refractivity contribution in [2.45, 2.75) is 138 Å². The van der Waals surface area contributed by atoms with Crippen LogP contribution in [0.15, 0.2) is 121 Å². The Kier molecular flexibility index (Phi) is 13.5. The van der Waals surface area contributed by atoms with E-state index in [1.807, 2.05) is 0 Å². The third-order valence-electron chi connectivity index (χ3n) is 13.3. The van der Waals surface area contributed by atoms with Gasteiger partial charge in [0.2, 0.25) is 0 Å². The summed E-state index contributed by atoms with van der Waals surface area (Å²) < 4.78 is 0. The molecule has 2 nitrogen and oxygen atoms in total. The van der Waals surface area contributed by atoms with Crippen LogP contribution in [0.4, 0.5) is 34.1 Å². The Labute approximate surface area is 357 Å². The van der Waals surface area contributed by atoms with E-state index in [2.05, 4.69) is 187 Å². The van der Waals surface area contributed by atoms with Crippen molar-refractivity contribution in [3.8, 4) is 11.1 Å². The van der Waals surface area contributed by atoms with Gasteiger partial charge >= 0.3 is 0 Å². The molecule has 0 fully saturated rings. The highest BCUT2D eigenvalue weighted by atomic mass is 15.2. The van der Waals surface area contributed by atoms with Gasteiger partial charge in [-0.2, -0.15) is 0 Å². The summed E-state index contributed by atoms with van der Waals surface area (Å²) in [5, 5.41) is 0. The van der Waals surface area contributed by atoms with Crippen LogP contribution in [-0.2, 0) is 18.3 Å². The van der Waals surface area contributed by atoms with Gasteiger partial charge in [0, 0.05) is 28.2 Å². The number of unbranched alkanes of at least 4 members (excludes halogenated alkanes) is 6. The molecule has 0 bridgehead atoms. The van der Waals surface area contributed by atoms with Gasteiger partial charge in [-0.25, -0.2) is 0 Å². The molecule has 0 aromatic heterocycles. The van der Waals surface area contributed by atoms with Crippen LogP contribution in [-0.4, -0.2) is 0 Å². The number of nitrogens with zero attached hydrogens (tertiary/aromatic N) is 2. The SMILES string of the molecule is CCCCCCc1cc(C)c(N(c2ccccc2)c2ccc3c(c2)C(CC)(CC)c2cc(N(c4ccccc4)c4c(C)cc(CCCCCC)cc4C)ccc2-3)c(C)c1. The van der Waals surface area contributed by atoms with Crippen LogP contribution >= 0.6 is 0 Å². The molecule has 7 rings (SSSR count). The van der Waals surface area contributed by atoms with Crippen molar-refractivity contribution in [1.82, 2.24) is 0 Å². The molecule has 0 N–H and O–H groups in total. The maximum absolute atomic E-state index is 2.54. The van der Waals surface area contributed by atoms with E-state index < -0.39 is 0 Å². The predicted molar refractivity (Wildman–Crippen MR) is 257 cm³/mol. The van der Waals surface area contributed by atoms with Crippen LogP contribution in [0.2, 0.25) is 0 Å². The number of hydrogen-bond donors (Lipinski definition) is 0. The lowest BCUT2D eigenvalue weighted by molar-refractivity contribution is 0.490. The van der Waals surface area contributed by atoms with Gasteiger partial charge in [0.05, 0.1) is 11.4 Å². The van der Waals surface area contributed by atoms with Crippen LogP contribution in [0, 0.1) is 27.7 Å². The Bertz CT molecular complexity index is 2120. The summed E-state index contributed by atoms with van der Waals surface area (Å²) in [7, 11) is 0. The van der Waals surface area contributed by atoms with E-state index >= 15 is 0 Å². The Morgan fingerprint density at radius 1 is 0.390 bits per heavy atom. The van der Waals surface area contributed by atoms with Crippen molar-refractivity contribution >= 4 is 34.1 Å². The van der Waals surface area contributed by atoms with Gasteiger partial charge < -0.3 is 9.80 Å². The van der Waals surface area contributed by atoms with Crippen LogP contribution in [0.1, 0.15) is 136 Å². The molecule has 59 heavy (non-hydrogen) atoms. The Balaban J connectivity index is 1.32. The smallest absolute Gasteiger partial charge is 0.0520 e. The summed E-state index contributed by atoms with van der Waals surface area (Å²) in [5.41, 5.74) is 21.2.